The Morgan fingerprint density at radius 3 is 2.10 bits per heavy atom. The van der Waals surface area contributed by atoms with E-state index in [1.807, 2.05) is 0 Å². The second kappa shape index (κ2) is 3.13. The molecule has 0 aliphatic carbocycles. The van der Waals surface area contributed by atoms with Gasteiger partial charge in [-0.15, -0.1) is 0 Å². The Balaban J connectivity index is 2.53. The van der Waals surface area contributed by atoms with Crippen LogP contribution in [0.2, 0.25) is 0 Å². The molecule has 4 unspecified atom stereocenters. The molecule has 1 aliphatic rings. The van der Waals surface area contributed by atoms with Gasteiger partial charge >= 0.3 is 0 Å². The molecule has 0 aromatic carbocycles. The zero-order valence-electron chi connectivity index (χ0n) is 5.34. The molecular formula is C5H9BO3S. The third-order valence-corrected chi connectivity index (χ3v) is 2.95. The van der Waals surface area contributed by atoms with E-state index in [1.54, 1.807) is 0 Å². The molecule has 1 saturated heterocycles. The van der Waals surface area contributed by atoms with Crippen molar-refractivity contribution in [3.05, 3.63) is 0 Å². The SMILES string of the molecule is [B]C1SC(CO)C(O)C1O. The standard InChI is InChI=1S/C5H9BO3S/c6-5-4(9)3(8)2(1-7)10-5/h2-5,7-9H,1H2. The highest BCUT2D eigenvalue weighted by Crippen LogP contribution is 2.31. The van der Waals surface area contributed by atoms with Crippen LogP contribution in [-0.2, 0) is 0 Å². The van der Waals surface area contributed by atoms with Crippen LogP contribution in [0.1, 0.15) is 0 Å². The molecule has 5 heteroatoms. The average molecular weight is 160 g/mol. The summed E-state index contributed by atoms with van der Waals surface area (Å²) in [5.74, 6) is 0. The van der Waals surface area contributed by atoms with Crippen molar-refractivity contribution in [3.63, 3.8) is 0 Å². The number of aliphatic hydroxyl groups is 3. The molecule has 1 heterocycles. The van der Waals surface area contributed by atoms with Gasteiger partial charge in [0, 0.05) is 0 Å². The fourth-order valence-electron chi connectivity index (χ4n) is 0.928. The van der Waals surface area contributed by atoms with Gasteiger partial charge in [0.1, 0.15) is 0 Å². The van der Waals surface area contributed by atoms with Crippen LogP contribution in [0.3, 0.4) is 0 Å². The molecule has 0 spiro atoms. The maximum absolute atomic E-state index is 9.12. The van der Waals surface area contributed by atoms with Gasteiger partial charge in [-0.2, -0.15) is 11.8 Å². The van der Waals surface area contributed by atoms with Gasteiger partial charge in [-0.25, -0.2) is 0 Å². The summed E-state index contributed by atoms with van der Waals surface area (Å²) in [5, 5.41) is 26.0. The highest BCUT2D eigenvalue weighted by atomic mass is 32.2. The summed E-state index contributed by atoms with van der Waals surface area (Å²) in [5.41, 5.74) is 0. The lowest BCUT2D eigenvalue weighted by molar-refractivity contribution is 0.0283. The van der Waals surface area contributed by atoms with Crippen molar-refractivity contribution in [2.75, 3.05) is 6.61 Å². The minimum absolute atomic E-state index is 0.142. The number of rotatable bonds is 1. The van der Waals surface area contributed by atoms with E-state index in [0.717, 1.165) is 0 Å². The largest absolute Gasteiger partial charge is 0.395 e. The van der Waals surface area contributed by atoms with Crippen LogP contribution >= 0.6 is 11.8 Å². The summed E-state index contributed by atoms with van der Waals surface area (Å²) in [6.45, 7) is -0.142. The van der Waals surface area contributed by atoms with Gasteiger partial charge in [-0.3, -0.25) is 0 Å². The van der Waals surface area contributed by atoms with Crippen molar-refractivity contribution in [1.29, 1.82) is 0 Å². The highest BCUT2D eigenvalue weighted by molar-refractivity contribution is 8.02. The Hall–Kier alpha value is 0.295. The molecule has 0 aromatic rings. The first-order valence-electron chi connectivity index (χ1n) is 3.05. The molecule has 3 nitrogen and oxygen atoms in total. The number of aliphatic hydroxyl groups excluding tert-OH is 3. The van der Waals surface area contributed by atoms with E-state index in [2.05, 4.69) is 0 Å². The number of thioether (sulfide) groups is 1. The summed E-state index contributed by atoms with van der Waals surface area (Å²) in [6, 6.07) is 0. The Morgan fingerprint density at radius 2 is 1.90 bits per heavy atom. The molecule has 10 heavy (non-hydrogen) atoms. The van der Waals surface area contributed by atoms with E-state index in [0.29, 0.717) is 0 Å². The van der Waals surface area contributed by atoms with Crippen LogP contribution in [0.5, 0.6) is 0 Å². The third kappa shape index (κ3) is 1.32. The van der Waals surface area contributed by atoms with Crippen LogP contribution in [-0.4, -0.2) is 52.4 Å². The van der Waals surface area contributed by atoms with Gasteiger partial charge in [0.25, 0.3) is 0 Å². The molecular weight excluding hydrogens is 151 g/mol. The summed E-state index contributed by atoms with van der Waals surface area (Å²) < 4.78 is 0. The van der Waals surface area contributed by atoms with E-state index in [1.165, 1.54) is 11.8 Å². The van der Waals surface area contributed by atoms with E-state index in [9.17, 15) is 0 Å². The van der Waals surface area contributed by atoms with Gasteiger partial charge in [-0.1, -0.05) is 0 Å². The molecule has 1 aliphatic heterocycles. The van der Waals surface area contributed by atoms with Gasteiger partial charge in [0.05, 0.1) is 31.9 Å². The van der Waals surface area contributed by atoms with Gasteiger partial charge < -0.3 is 15.3 Å². The van der Waals surface area contributed by atoms with Crippen molar-refractivity contribution in [1.82, 2.24) is 0 Å². The van der Waals surface area contributed by atoms with Crippen LogP contribution in [0, 0.1) is 0 Å². The smallest absolute Gasteiger partial charge is 0.0942 e. The van der Waals surface area contributed by atoms with E-state index in [4.69, 9.17) is 23.2 Å². The molecule has 3 N–H and O–H groups in total. The fourth-order valence-corrected chi connectivity index (χ4v) is 2.06. The third-order valence-electron chi connectivity index (χ3n) is 1.58. The summed E-state index contributed by atoms with van der Waals surface area (Å²) >= 11 is 1.21. The molecule has 56 valence electrons. The Kier molecular flexibility index (Phi) is 2.63. The molecule has 4 atom stereocenters. The van der Waals surface area contributed by atoms with Crippen molar-refractivity contribution < 1.29 is 15.3 Å². The zero-order valence-corrected chi connectivity index (χ0v) is 6.16. The fraction of sp³-hybridized carbons (Fsp3) is 1.00. The maximum Gasteiger partial charge on any atom is 0.0942 e. The summed E-state index contributed by atoms with van der Waals surface area (Å²) in [7, 11) is 5.38. The maximum atomic E-state index is 9.12. The zero-order chi connectivity index (χ0) is 7.72. The highest BCUT2D eigenvalue weighted by Gasteiger charge is 2.38. The molecule has 0 bridgehead atoms. The second-order valence-electron chi connectivity index (χ2n) is 2.30. The lowest BCUT2D eigenvalue weighted by Gasteiger charge is -2.12. The number of hydrogen-bond acceptors (Lipinski definition) is 4. The first-order valence-corrected chi connectivity index (χ1v) is 3.99. The topological polar surface area (TPSA) is 60.7 Å². The average Bonchev–Trinajstić information content (AvgIpc) is 2.17. The molecule has 0 aromatic heterocycles. The van der Waals surface area contributed by atoms with Crippen LogP contribution in [0.15, 0.2) is 0 Å². The van der Waals surface area contributed by atoms with E-state index < -0.39 is 17.4 Å². The molecule has 1 fully saturated rings. The van der Waals surface area contributed by atoms with Crippen molar-refractivity contribution in [2.24, 2.45) is 0 Å². The van der Waals surface area contributed by atoms with Gasteiger partial charge in [0.15, 0.2) is 0 Å². The molecule has 2 radical (unpaired) electrons. The van der Waals surface area contributed by atoms with Crippen molar-refractivity contribution in [3.8, 4) is 0 Å². The van der Waals surface area contributed by atoms with Crippen LogP contribution in [0.25, 0.3) is 0 Å². The normalized spacial score (nSPS) is 47.9. The monoisotopic (exact) mass is 160 g/mol. The van der Waals surface area contributed by atoms with Crippen molar-refractivity contribution in [2.45, 2.75) is 22.6 Å². The Morgan fingerprint density at radius 1 is 1.30 bits per heavy atom. The second-order valence-corrected chi connectivity index (χ2v) is 3.72. The lowest BCUT2D eigenvalue weighted by Crippen LogP contribution is -2.33. The lowest BCUT2D eigenvalue weighted by atomic mass is 9.94. The van der Waals surface area contributed by atoms with Crippen molar-refractivity contribution >= 4 is 19.6 Å². The van der Waals surface area contributed by atoms with E-state index in [-0.39, 0.29) is 11.9 Å². The first-order chi connectivity index (χ1) is 4.66. The quantitative estimate of drug-likeness (QED) is 0.400. The predicted molar refractivity (Wildman–Crippen MR) is 40.0 cm³/mol. The van der Waals surface area contributed by atoms with Gasteiger partial charge in [-0.05, 0) is 5.15 Å². The van der Waals surface area contributed by atoms with E-state index >= 15 is 0 Å². The molecule has 1 rings (SSSR count). The van der Waals surface area contributed by atoms with Crippen LogP contribution in [0.4, 0.5) is 0 Å². The van der Waals surface area contributed by atoms with Gasteiger partial charge in [0.2, 0.25) is 0 Å². The minimum atomic E-state index is -0.901. The number of hydrogen-bond donors (Lipinski definition) is 3. The Labute approximate surface area is 64.9 Å². The summed E-state index contributed by atoms with van der Waals surface area (Å²) in [6.07, 6.45) is -1.79. The minimum Gasteiger partial charge on any atom is -0.395 e. The molecule has 0 amide bonds. The Bertz CT molecular complexity index is 123. The van der Waals surface area contributed by atoms with Crippen LogP contribution < -0.4 is 0 Å². The summed E-state index contributed by atoms with van der Waals surface area (Å²) in [4.78, 5) is 0. The first kappa shape index (κ1) is 8.39. The molecule has 0 saturated carbocycles. The predicted octanol–water partition coefficient (Wildman–Crippen LogP) is -1.69.